The van der Waals surface area contributed by atoms with Crippen LogP contribution in [0, 0.1) is 0 Å². The summed E-state index contributed by atoms with van der Waals surface area (Å²) in [5.41, 5.74) is 1.01. The Bertz CT molecular complexity index is 682. The number of sulfone groups is 1. The summed E-state index contributed by atoms with van der Waals surface area (Å²) in [6.07, 6.45) is 2.73. The van der Waals surface area contributed by atoms with Crippen LogP contribution < -0.4 is 10.1 Å². The minimum atomic E-state index is -3.29. The Morgan fingerprint density at radius 1 is 1.20 bits per heavy atom. The molecule has 20 heavy (non-hydrogen) atoms. The lowest BCUT2D eigenvalue weighted by molar-refractivity contribution is 0.414. The van der Waals surface area contributed by atoms with Crippen molar-refractivity contribution in [2.24, 2.45) is 0 Å². The number of nitrogens with one attached hydrogen (secondary N) is 1. The zero-order chi connectivity index (χ0) is 14.6. The van der Waals surface area contributed by atoms with Crippen molar-refractivity contribution in [2.75, 3.05) is 18.7 Å². The third-order valence-electron chi connectivity index (χ3n) is 2.79. The van der Waals surface area contributed by atoms with E-state index in [4.69, 9.17) is 4.74 Å². The van der Waals surface area contributed by atoms with E-state index in [1.165, 1.54) is 6.26 Å². The molecule has 2 rings (SSSR count). The third-order valence-corrected chi connectivity index (χ3v) is 3.92. The molecule has 0 bridgehead atoms. The van der Waals surface area contributed by atoms with E-state index in [-0.39, 0.29) is 4.90 Å². The van der Waals surface area contributed by atoms with Gasteiger partial charge in [-0.05, 0) is 29.8 Å². The van der Waals surface area contributed by atoms with Crippen LogP contribution in [0.1, 0.15) is 5.56 Å². The van der Waals surface area contributed by atoms with E-state index in [9.17, 15) is 8.42 Å². The number of hydrogen-bond donors (Lipinski definition) is 1. The molecule has 0 spiro atoms. The van der Waals surface area contributed by atoms with Gasteiger partial charge < -0.3 is 10.1 Å². The van der Waals surface area contributed by atoms with Gasteiger partial charge in [0.15, 0.2) is 9.84 Å². The molecule has 0 saturated carbocycles. The Labute approximate surface area is 118 Å². The van der Waals surface area contributed by atoms with Crippen molar-refractivity contribution in [1.82, 2.24) is 4.98 Å². The summed E-state index contributed by atoms with van der Waals surface area (Å²) in [6, 6.07) is 10.7. The van der Waals surface area contributed by atoms with E-state index in [0.29, 0.717) is 12.4 Å². The van der Waals surface area contributed by atoms with Crippen molar-refractivity contribution in [3.63, 3.8) is 0 Å². The number of hydrogen-bond acceptors (Lipinski definition) is 5. The van der Waals surface area contributed by atoms with Crippen molar-refractivity contribution in [2.45, 2.75) is 11.4 Å². The standard InChI is InChI=1S/C14H16N2O3S/c1-19-12-7-5-11(6-8-12)10-16-14-13(20(2,17)18)4-3-9-15-14/h3-9H,10H2,1-2H3,(H,15,16). The first-order chi connectivity index (χ1) is 9.50. The van der Waals surface area contributed by atoms with Crippen molar-refractivity contribution < 1.29 is 13.2 Å². The Kier molecular flexibility index (Phi) is 4.24. The smallest absolute Gasteiger partial charge is 0.179 e. The molecule has 0 aliphatic carbocycles. The quantitative estimate of drug-likeness (QED) is 0.914. The molecule has 0 fully saturated rings. The molecule has 2 aromatic rings. The first kappa shape index (κ1) is 14.3. The Hall–Kier alpha value is -2.08. The monoisotopic (exact) mass is 292 g/mol. The second kappa shape index (κ2) is 5.92. The second-order valence-corrected chi connectivity index (χ2v) is 6.31. The van der Waals surface area contributed by atoms with Gasteiger partial charge in [0.2, 0.25) is 0 Å². The van der Waals surface area contributed by atoms with Gasteiger partial charge in [0, 0.05) is 19.0 Å². The average molecular weight is 292 g/mol. The van der Waals surface area contributed by atoms with E-state index < -0.39 is 9.84 Å². The minimum Gasteiger partial charge on any atom is -0.497 e. The molecule has 1 N–H and O–H groups in total. The van der Waals surface area contributed by atoms with E-state index in [0.717, 1.165) is 11.3 Å². The summed E-state index contributed by atoms with van der Waals surface area (Å²) in [5.74, 6) is 1.15. The Balaban J connectivity index is 2.15. The van der Waals surface area contributed by atoms with Gasteiger partial charge >= 0.3 is 0 Å². The number of pyridine rings is 1. The molecule has 1 heterocycles. The maximum Gasteiger partial charge on any atom is 0.179 e. The highest BCUT2D eigenvalue weighted by Gasteiger charge is 2.13. The van der Waals surface area contributed by atoms with Gasteiger partial charge in [-0.25, -0.2) is 13.4 Å². The summed E-state index contributed by atoms with van der Waals surface area (Å²) in [7, 11) is -1.68. The molecule has 0 aliphatic heterocycles. The van der Waals surface area contributed by atoms with Gasteiger partial charge in [-0.1, -0.05) is 12.1 Å². The number of ether oxygens (including phenoxy) is 1. The van der Waals surface area contributed by atoms with Crippen LogP contribution >= 0.6 is 0 Å². The minimum absolute atomic E-state index is 0.202. The molecular weight excluding hydrogens is 276 g/mol. The number of anilines is 1. The maximum absolute atomic E-state index is 11.7. The van der Waals surface area contributed by atoms with Crippen LogP contribution in [0.5, 0.6) is 5.75 Å². The number of aromatic nitrogens is 1. The molecule has 0 radical (unpaired) electrons. The highest BCUT2D eigenvalue weighted by atomic mass is 32.2. The summed E-state index contributed by atoms with van der Waals surface area (Å²) >= 11 is 0. The summed E-state index contributed by atoms with van der Waals surface area (Å²) in [6.45, 7) is 0.490. The van der Waals surface area contributed by atoms with Crippen LogP contribution in [0.4, 0.5) is 5.82 Å². The van der Waals surface area contributed by atoms with Crippen molar-refractivity contribution in [3.8, 4) is 5.75 Å². The van der Waals surface area contributed by atoms with Crippen molar-refractivity contribution in [3.05, 3.63) is 48.2 Å². The topological polar surface area (TPSA) is 68.3 Å². The molecule has 0 aliphatic rings. The van der Waals surface area contributed by atoms with E-state index in [1.54, 1.807) is 25.4 Å². The normalized spacial score (nSPS) is 11.1. The summed E-state index contributed by atoms with van der Waals surface area (Å²) < 4.78 is 28.4. The predicted octanol–water partition coefficient (Wildman–Crippen LogP) is 2.11. The van der Waals surface area contributed by atoms with E-state index in [2.05, 4.69) is 10.3 Å². The highest BCUT2D eigenvalue weighted by molar-refractivity contribution is 7.90. The van der Waals surface area contributed by atoms with Gasteiger partial charge in [0.1, 0.15) is 16.5 Å². The molecule has 5 nitrogen and oxygen atoms in total. The van der Waals surface area contributed by atoms with Crippen molar-refractivity contribution in [1.29, 1.82) is 0 Å². The zero-order valence-corrected chi connectivity index (χ0v) is 12.1. The van der Waals surface area contributed by atoms with E-state index in [1.807, 2.05) is 24.3 Å². The van der Waals surface area contributed by atoms with E-state index >= 15 is 0 Å². The Morgan fingerprint density at radius 2 is 1.90 bits per heavy atom. The summed E-state index contributed by atoms with van der Waals surface area (Å²) in [4.78, 5) is 4.28. The molecule has 0 saturated heterocycles. The van der Waals surface area contributed by atoms with Crippen LogP contribution in [-0.2, 0) is 16.4 Å². The second-order valence-electron chi connectivity index (χ2n) is 4.32. The van der Waals surface area contributed by atoms with Gasteiger partial charge in [0.05, 0.1) is 7.11 Å². The van der Waals surface area contributed by atoms with Crippen LogP contribution in [0.15, 0.2) is 47.5 Å². The summed E-state index contributed by atoms with van der Waals surface area (Å²) in [5, 5.41) is 3.04. The molecule has 0 amide bonds. The molecule has 1 aromatic heterocycles. The zero-order valence-electron chi connectivity index (χ0n) is 11.3. The predicted molar refractivity (Wildman–Crippen MR) is 77.7 cm³/mol. The number of methoxy groups -OCH3 is 1. The SMILES string of the molecule is COc1ccc(CNc2ncccc2S(C)(=O)=O)cc1. The number of rotatable bonds is 5. The highest BCUT2D eigenvalue weighted by Crippen LogP contribution is 2.19. The number of benzene rings is 1. The van der Waals surface area contributed by atoms with Crippen molar-refractivity contribution >= 4 is 15.7 Å². The largest absolute Gasteiger partial charge is 0.497 e. The molecule has 0 unspecified atom stereocenters. The maximum atomic E-state index is 11.7. The van der Waals surface area contributed by atoms with Gasteiger partial charge in [0.25, 0.3) is 0 Å². The van der Waals surface area contributed by atoms with Crippen LogP contribution in [0.2, 0.25) is 0 Å². The fourth-order valence-electron chi connectivity index (χ4n) is 1.75. The van der Waals surface area contributed by atoms with Crippen LogP contribution in [0.25, 0.3) is 0 Å². The lowest BCUT2D eigenvalue weighted by Gasteiger charge is -2.10. The van der Waals surface area contributed by atoms with Crippen LogP contribution in [0.3, 0.4) is 0 Å². The molecular formula is C14H16N2O3S. The number of nitrogens with zero attached hydrogens (tertiary/aromatic N) is 1. The fraction of sp³-hybridized carbons (Fsp3) is 0.214. The lowest BCUT2D eigenvalue weighted by atomic mass is 10.2. The van der Waals surface area contributed by atoms with Crippen LogP contribution in [-0.4, -0.2) is 26.8 Å². The molecule has 6 heteroatoms. The molecule has 1 aromatic carbocycles. The van der Waals surface area contributed by atoms with Gasteiger partial charge in [-0.15, -0.1) is 0 Å². The Morgan fingerprint density at radius 3 is 2.50 bits per heavy atom. The molecule has 106 valence electrons. The first-order valence-electron chi connectivity index (χ1n) is 6.02. The molecule has 0 atom stereocenters. The van der Waals surface area contributed by atoms with Gasteiger partial charge in [-0.3, -0.25) is 0 Å². The average Bonchev–Trinajstić information content (AvgIpc) is 2.45. The van der Waals surface area contributed by atoms with Gasteiger partial charge in [-0.2, -0.15) is 0 Å². The third kappa shape index (κ3) is 3.48. The fourth-order valence-corrected chi connectivity index (χ4v) is 2.55. The lowest BCUT2D eigenvalue weighted by Crippen LogP contribution is -2.07. The first-order valence-corrected chi connectivity index (χ1v) is 7.92.